The zero-order valence-corrected chi connectivity index (χ0v) is 15.9. The maximum atomic E-state index is 4.50. The van der Waals surface area contributed by atoms with Crippen LogP contribution in [0.25, 0.3) is 5.82 Å². The van der Waals surface area contributed by atoms with E-state index in [1.54, 1.807) is 18.7 Å². The largest absolute Gasteiger partial charge is 0.353 e. The number of nitrogens with zero attached hydrogens (tertiary/aromatic N) is 7. The summed E-state index contributed by atoms with van der Waals surface area (Å²) < 4.78 is 1.92. The molecule has 0 aromatic carbocycles. The van der Waals surface area contributed by atoms with E-state index in [0.717, 1.165) is 49.3 Å². The summed E-state index contributed by atoms with van der Waals surface area (Å²) in [6, 6.07) is 10.1. The van der Waals surface area contributed by atoms with Gasteiger partial charge in [0.2, 0.25) is 0 Å². The number of hydrogen-bond donors (Lipinski definition) is 1. The SMILES string of the molecule is CN=C(NCc1cccnc1-n1ccnc1)N1CCN(c2ccccn2)CC1. The second kappa shape index (κ2) is 8.51. The van der Waals surface area contributed by atoms with E-state index in [0.29, 0.717) is 6.54 Å². The molecule has 0 saturated carbocycles. The minimum absolute atomic E-state index is 0.647. The molecule has 8 nitrogen and oxygen atoms in total. The first-order chi connectivity index (χ1) is 13.8. The number of aromatic nitrogens is 4. The Bertz CT molecular complexity index is 899. The molecule has 1 saturated heterocycles. The monoisotopic (exact) mass is 376 g/mol. The molecular formula is C20H24N8. The third-order valence-corrected chi connectivity index (χ3v) is 4.82. The molecule has 0 aliphatic carbocycles. The van der Waals surface area contributed by atoms with Crippen LogP contribution < -0.4 is 10.2 Å². The molecule has 144 valence electrons. The number of nitrogens with one attached hydrogen (secondary N) is 1. The molecular weight excluding hydrogens is 352 g/mol. The van der Waals surface area contributed by atoms with E-state index in [2.05, 4.69) is 47.2 Å². The van der Waals surface area contributed by atoms with Crippen LogP contribution in [0.2, 0.25) is 0 Å². The van der Waals surface area contributed by atoms with Crippen LogP contribution in [-0.2, 0) is 6.54 Å². The molecule has 8 heteroatoms. The van der Waals surface area contributed by atoms with Gasteiger partial charge in [0.15, 0.2) is 5.96 Å². The van der Waals surface area contributed by atoms with Crippen LogP contribution in [0, 0.1) is 0 Å². The molecule has 0 bridgehead atoms. The average molecular weight is 376 g/mol. The zero-order valence-electron chi connectivity index (χ0n) is 15.9. The quantitative estimate of drug-likeness (QED) is 0.550. The van der Waals surface area contributed by atoms with Gasteiger partial charge in [-0.05, 0) is 18.2 Å². The van der Waals surface area contributed by atoms with Gasteiger partial charge in [-0.15, -0.1) is 0 Å². The maximum absolute atomic E-state index is 4.50. The molecule has 1 aliphatic heterocycles. The van der Waals surface area contributed by atoms with Crippen molar-refractivity contribution in [3.8, 4) is 5.82 Å². The second-order valence-corrected chi connectivity index (χ2v) is 6.52. The first-order valence-corrected chi connectivity index (χ1v) is 9.39. The third kappa shape index (κ3) is 3.95. The predicted molar refractivity (Wildman–Crippen MR) is 110 cm³/mol. The number of anilines is 1. The van der Waals surface area contributed by atoms with Crippen LogP contribution >= 0.6 is 0 Å². The van der Waals surface area contributed by atoms with Crippen molar-refractivity contribution in [3.05, 3.63) is 67.0 Å². The van der Waals surface area contributed by atoms with Gasteiger partial charge in [0.05, 0.1) is 0 Å². The molecule has 4 rings (SSSR count). The van der Waals surface area contributed by atoms with Crippen molar-refractivity contribution in [1.82, 2.24) is 29.7 Å². The minimum atomic E-state index is 0.647. The highest BCUT2D eigenvalue weighted by molar-refractivity contribution is 5.80. The molecule has 0 radical (unpaired) electrons. The third-order valence-electron chi connectivity index (χ3n) is 4.82. The van der Waals surface area contributed by atoms with E-state index in [4.69, 9.17) is 0 Å². The highest BCUT2D eigenvalue weighted by Crippen LogP contribution is 2.14. The highest BCUT2D eigenvalue weighted by atomic mass is 15.4. The lowest BCUT2D eigenvalue weighted by Crippen LogP contribution is -2.52. The van der Waals surface area contributed by atoms with Crippen LogP contribution in [0.4, 0.5) is 5.82 Å². The Kier molecular flexibility index (Phi) is 5.46. The Morgan fingerprint density at radius 1 is 1.04 bits per heavy atom. The average Bonchev–Trinajstić information content (AvgIpc) is 3.30. The van der Waals surface area contributed by atoms with Gasteiger partial charge < -0.3 is 15.1 Å². The van der Waals surface area contributed by atoms with E-state index in [1.807, 2.05) is 42.2 Å². The summed E-state index contributed by atoms with van der Waals surface area (Å²) in [7, 11) is 1.83. The number of rotatable bonds is 4. The van der Waals surface area contributed by atoms with Crippen molar-refractivity contribution < 1.29 is 0 Å². The van der Waals surface area contributed by atoms with Crippen molar-refractivity contribution in [2.45, 2.75) is 6.54 Å². The van der Waals surface area contributed by atoms with Gasteiger partial charge >= 0.3 is 0 Å². The Balaban J connectivity index is 1.38. The number of imidazole rings is 1. The van der Waals surface area contributed by atoms with Crippen molar-refractivity contribution in [2.75, 3.05) is 38.1 Å². The first kappa shape index (κ1) is 18.0. The molecule has 1 N–H and O–H groups in total. The fourth-order valence-corrected chi connectivity index (χ4v) is 3.38. The normalized spacial score (nSPS) is 15.0. The molecule has 4 heterocycles. The topological polar surface area (TPSA) is 74.5 Å². The summed E-state index contributed by atoms with van der Waals surface area (Å²) in [5.74, 6) is 2.81. The van der Waals surface area contributed by atoms with Crippen LogP contribution in [0.5, 0.6) is 0 Å². The van der Waals surface area contributed by atoms with Gasteiger partial charge in [-0.25, -0.2) is 15.0 Å². The molecule has 0 spiro atoms. The molecule has 0 unspecified atom stereocenters. The first-order valence-electron chi connectivity index (χ1n) is 9.39. The van der Waals surface area contributed by atoms with Crippen LogP contribution in [0.15, 0.2) is 66.4 Å². The number of pyridine rings is 2. The lowest BCUT2D eigenvalue weighted by atomic mass is 10.2. The smallest absolute Gasteiger partial charge is 0.194 e. The van der Waals surface area contributed by atoms with Gasteiger partial charge in [0.25, 0.3) is 0 Å². The second-order valence-electron chi connectivity index (χ2n) is 6.52. The summed E-state index contributed by atoms with van der Waals surface area (Å²) in [6.45, 7) is 4.29. The summed E-state index contributed by atoms with van der Waals surface area (Å²) >= 11 is 0. The van der Waals surface area contributed by atoms with Crippen molar-refractivity contribution >= 4 is 11.8 Å². The van der Waals surface area contributed by atoms with Gasteiger partial charge in [-0.1, -0.05) is 12.1 Å². The summed E-state index contributed by atoms with van der Waals surface area (Å²) in [5.41, 5.74) is 1.09. The van der Waals surface area contributed by atoms with Crippen molar-refractivity contribution in [1.29, 1.82) is 0 Å². The molecule has 0 atom stereocenters. The highest BCUT2D eigenvalue weighted by Gasteiger charge is 2.20. The van der Waals surface area contributed by atoms with Gasteiger partial charge in [0, 0.05) is 70.1 Å². The number of aliphatic imine (C=N–C) groups is 1. The minimum Gasteiger partial charge on any atom is -0.353 e. The molecule has 1 fully saturated rings. The number of hydrogen-bond acceptors (Lipinski definition) is 5. The van der Waals surface area contributed by atoms with E-state index >= 15 is 0 Å². The van der Waals surface area contributed by atoms with Crippen LogP contribution in [0.3, 0.4) is 0 Å². The van der Waals surface area contributed by atoms with Crippen molar-refractivity contribution in [3.63, 3.8) is 0 Å². The van der Waals surface area contributed by atoms with E-state index in [9.17, 15) is 0 Å². The molecule has 3 aromatic rings. The standard InChI is InChI=1S/C20H24N8/c1-21-20(27-13-11-26(12-14-27)18-6-2-3-7-23-18)25-15-17-5-4-8-24-19(17)28-10-9-22-16-28/h2-10,16H,11-15H2,1H3,(H,21,25). The Morgan fingerprint density at radius 3 is 2.61 bits per heavy atom. The predicted octanol–water partition coefficient (Wildman–Crippen LogP) is 1.56. The van der Waals surface area contributed by atoms with Gasteiger partial charge in [0.1, 0.15) is 18.0 Å². The lowest BCUT2D eigenvalue weighted by Gasteiger charge is -2.37. The molecule has 1 aliphatic rings. The summed E-state index contributed by atoms with van der Waals surface area (Å²) in [6.07, 6.45) is 9.05. The molecule has 28 heavy (non-hydrogen) atoms. The van der Waals surface area contributed by atoms with Gasteiger partial charge in [-0.3, -0.25) is 9.56 Å². The van der Waals surface area contributed by atoms with E-state index in [1.165, 1.54) is 0 Å². The van der Waals surface area contributed by atoms with E-state index in [-0.39, 0.29) is 0 Å². The maximum Gasteiger partial charge on any atom is 0.194 e. The van der Waals surface area contributed by atoms with Gasteiger partial charge in [-0.2, -0.15) is 0 Å². The lowest BCUT2D eigenvalue weighted by molar-refractivity contribution is 0.371. The van der Waals surface area contributed by atoms with Crippen LogP contribution in [-0.4, -0.2) is 63.6 Å². The number of guanidine groups is 1. The fraction of sp³-hybridized carbons (Fsp3) is 0.300. The summed E-state index contributed by atoms with van der Waals surface area (Å²) in [4.78, 5) is 22.1. The fourth-order valence-electron chi connectivity index (χ4n) is 3.38. The molecule has 0 amide bonds. The zero-order chi connectivity index (χ0) is 19.2. The van der Waals surface area contributed by atoms with E-state index < -0.39 is 0 Å². The number of piperazine rings is 1. The Hall–Kier alpha value is -3.42. The van der Waals surface area contributed by atoms with Crippen molar-refractivity contribution in [2.24, 2.45) is 4.99 Å². The Morgan fingerprint density at radius 2 is 1.89 bits per heavy atom. The van der Waals surface area contributed by atoms with Crippen LogP contribution in [0.1, 0.15) is 5.56 Å². The molecule has 3 aromatic heterocycles. The summed E-state index contributed by atoms with van der Waals surface area (Å²) in [5, 5.41) is 3.48. The Labute approximate surface area is 164 Å².